The number of allylic oxidation sites excluding steroid dienone is 1. The smallest absolute Gasteiger partial charge is 0.421 e. The van der Waals surface area contributed by atoms with Crippen molar-refractivity contribution >= 4 is 35.2 Å². The minimum atomic E-state index is -1.88. The van der Waals surface area contributed by atoms with Crippen molar-refractivity contribution in [1.82, 2.24) is 0 Å². The number of rotatable bonds is 8. The number of esters is 1. The van der Waals surface area contributed by atoms with Gasteiger partial charge in [0.2, 0.25) is 5.91 Å². The fraction of sp³-hybridized carbons (Fsp3) is 0.262. The maximum atomic E-state index is 15.2. The van der Waals surface area contributed by atoms with Gasteiger partial charge in [0.1, 0.15) is 23.5 Å². The van der Waals surface area contributed by atoms with E-state index in [4.69, 9.17) is 9.47 Å². The summed E-state index contributed by atoms with van der Waals surface area (Å²) >= 11 is 0. The molecule has 0 fully saturated rings. The zero-order valence-corrected chi connectivity index (χ0v) is 28.8. The number of carbonyl (C=O) groups excluding carboxylic acids is 5. The number of ether oxygens (including phenoxy) is 2. The lowest BCUT2D eigenvalue weighted by atomic mass is 9.64. The van der Waals surface area contributed by atoms with Gasteiger partial charge in [-0.15, -0.1) is 0 Å². The van der Waals surface area contributed by atoms with Crippen LogP contribution in [-0.2, 0) is 31.1 Å². The molecule has 1 aliphatic heterocycles. The number of para-hydroxylation sites is 1. The topological polar surface area (TPSA) is 107 Å². The molecule has 0 aromatic heterocycles. The highest BCUT2D eigenvalue weighted by atomic mass is 16.6. The maximum absolute atomic E-state index is 15.2. The Morgan fingerprint density at radius 3 is 1.96 bits per heavy atom. The van der Waals surface area contributed by atoms with Crippen LogP contribution in [0.1, 0.15) is 70.2 Å². The first kappa shape index (κ1) is 34.2. The molecule has 0 radical (unpaired) electrons. The molecule has 2 amide bonds. The zero-order valence-electron chi connectivity index (χ0n) is 28.8. The van der Waals surface area contributed by atoms with Crippen LogP contribution < -0.4 is 4.90 Å². The highest BCUT2D eigenvalue weighted by Crippen LogP contribution is 2.59. The molecule has 254 valence electrons. The van der Waals surface area contributed by atoms with Crippen molar-refractivity contribution < 1.29 is 33.4 Å². The normalized spacial score (nSPS) is 19.6. The highest BCUT2D eigenvalue weighted by Gasteiger charge is 2.68. The number of carbonyl (C=O) groups is 5. The van der Waals surface area contributed by atoms with E-state index in [1.54, 1.807) is 99.6 Å². The Kier molecular flexibility index (Phi) is 9.14. The summed E-state index contributed by atoms with van der Waals surface area (Å²) in [6.45, 7) is 8.77. The van der Waals surface area contributed by atoms with Gasteiger partial charge in [0.05, 0.1) is 5.69 Å². The number of imide groups is 1. The van der Waals surface area contributed by atoms with Crippen molar-refractivity contribution in [2.45, 2.75) is 58.7 Å². The van der Waals surface area contributed by atoms with Crippen molar-refractivity contribution in [3.05, 3.63) is 148 Å². The molecular weight excluding hydrogens is 630 g/mol. The third kappa shape index (κ3) is 6.29. The fourth-order valence-electron chi connectivity index (χ4n) is 6.94. The van der Waals surface area contributed by atoms with Gasteiger partial charge in [-0.3, -0.25) is 19.2 Å². The van der Waals surface area contributed by atoms with E-state index in [-0.39, 0.29) is 30.1 Å². The van der Waals surface area contributed by atoms with E-state index in [0.29, 0.717) is 22.3 Å². The molecule has 8 nitrogen and oxygen atoms in total. The van der Waals surface area contributed by atoms with Crippen LogP contribution in [0.4, 0.5) is 10.5 Å². The van der Waals surface area contributed by atoms with Crippen LogP contribution >= 0.6 is 0 Å². The summed E-state index contributed by atoms with van der Waals surface area (Å²) in [4.78, 5) is 73.0. The zero-order chi connectivity index (χ0) is 35.8. The number of aryl methyl sites for hydroxylation is 2. The Bertz CT molecular complexity index is 2010. The van der Waals surface area contributed by atoms with Gasteiger partial charge in [-0.25, -0.2) is 9.69 Å². The Balaban J connectivity index is 1.54. The molecule has 0 saturated carbocycles. The summed E-state index contributed by atoms with van der Waals surface area (Å²) in [6.07, 6.45) is 0.430. The molecule has 4 aromatic carbocycles. The SMILES string of the molecule is Cc1ccc(C(=O)C[C@@H]2C=C(C(=O)c3ccc(C)cc3)[C@H](C(=O)OCc3ccccc3)[C@]23C(=O)N(C(=O)OC(C)(C)C)c2ccccc23)cc1. The number of hydrogen-bond acceptors (Lipinski definition) is 7. The van der Waals surface area contributed by atoms with Gasteiger partial charge in [0, 0.05) is 29.0 Å². The number of hydrogen-bond donors (Lipinski definition) is 0. The van der Waals surface area contributed by atoms with E-state index < -0.39 is 46.6 Å². The van der Waals surface area contributed by atoms with E-state index in [1.807, 2.05) is 44.2 Å². The van der Waals surface area contributed by atoms with Gasteiger partial charge in [0.25, 0.3) is 0 Å². The predicted octanol–water partition coefficient (Wildman–Crippen LogP) is 7.89. The summed E-state index contributed by atoms with van der Waals surface area (Å²) in [6, 6.07) is 29.7. The average molecular weight is 670 g/mol. The lowest BCUT2D eigenvalue weighted by molar-refractivity contribution is -0.153. The number of nitrogens with zero attached hydrogens (tertiary/aromatic N) is 1. The van der Waals surface area contributed by atoms with E-state index in [2.05, 4.69) is 0 Å². The predicted molar refractivity (Wildman–Crippen MR) is 189 cm³/mol. The average Bonchev–Trinajstić information content (AvgIpc) is 3.56. The van der Waals surface area contributed by atoms with Crippen molar-refractivity contribution in [1.29, 1.82) is 0 Å². The van der Waals surface area contributed by atoms with Crippen LogP contribution in [0, 0.1) is 25.7 Å². The van der Waals surface area contributed by atoms with Gasteiger partial charge in [0.15, 0.2) is 11.6 Å². The molecule has 0 N–H and O–H groups in total. The van der Waals surface area contributed by atoms with Crippen LogP contribution in [0.5, 0.6) is 0 Å². The molecule has 6 rings (SSSR count). The third-order valence-corrected chi connectivity index (χ3v) is 9.27. The standard InChI is InChI=1S/C42H39NO7/c1-26-15-19-29(20-16-26)35(44)24-31-23-32(37(45)30-21-17-27(2)18-22-30)36(38(46)49-25-28-11-7-6-8-12-28)42(31)33-13-9-10-14-34(33)43(39(42)47)40(48)50-41(3,4)5/h6-23,31,36H,24-25H2,1-5H3/t31-,36+,42-/m0/s1. The highest BCUT2D eigenvalue weighted by molar-refractivity contribution is 6.25. The van der Waals surface area contributed by atoms with Crippen molar-refractivity contribution in [2.75, 3.05) is 4.90 Å². The van der Waals surface area contributed by atoms with Crippen LogP contribution in [0.25, 0.3) is 0 Å². The number of benzene rings is 4. The molecule has 1 spiro atoms. The van der Waals surface area contributed by atoms with Crippen molar-refractivity contribution in [3.8, 4) is 0 Å². The molecule has 0 saturated heterocycles. The first-order valence-electron chi connectivity index (χ1n) is 16.6. The third-order valence-electron chi connectivity index (χ3n) is 9.27. The fourth-order valence-corrected chi connectivity index (χ4v) is 6.94. The molecule has 50 heavy (non-hydrogen) atoms. The van der Waals surface area contributed by atoms with Crippen LogP contribution in [-0.4, -0.2) is 35.1 Å². The second-order valence-corrected chi connectivity index (χ2v) is 14.0. The van der Waals surface area contributed by atoms with E-state index in [0.717, 1.165) is 16.0 Å². The monoisotopic (exact) mass is 669 g/mol. The first-order chi connectivity index (χ1) is 23.8. The second-order valence-electron chi connectivity index (χ2n) is 14.0. The van der Waals surface area contributed by atoms with E-state index >= 15 is 4.79 Å². The second kappa shape index (κ2) is 13.3. The quantitative estimate of drug-likeness (QED) is 0.139. The summed E-state index contributed by atoms with van der Waals surface area (Å²) in [5.74, 6) is -4.84. The Morgan fingerprint density at radius 2 is 1.34 bits per heavy atom. The summed E-state index contributed by atoms with van der Waals surface area (Å²) in [5, 5.41) is 0. The van der Waals surface area contributed by atoms with Gasteiger partial charge in [-0.1, -0.05) is 114 Å². The molecule has 3 atom stereocenters. The minimum absolute atomic E-state index is 0.0304. The van der Waals surface area contributed by atoms with E-state index in [9.17, 15) is 19.2 Å². The largest absolute Gasteiger partial charge is 0.460 e. The molecule has 4 aromatic rings. The van der Waals surface area contributed by atoms with Crippen LogP contribution in [0.15, 0.2) is 115 Å². The van der Waals surface area contributed by atoms with E-state index in [1.165, 1.54) is 0 Å². The Labute approximate surface area is 291 Å². The molecule has 2 aliphatic rings. The summed E-state index contributed by atoms with van der Waals surface area (Å²) < 4.78 is 11.6. The molecular formula is C42H39NO7. The van der Waals surface area contributed by atoms with Crippen LogP contribution in [0.3, 0.4) is 0 Å². The van der Waals surface area contributed by atoms with Crippen molar-refractivity contribution in [2.24, 2.45) is 11.8 Å². The van der Waals surface area contributed by atoms with Crippen molar-refractivity contribution in [3.63, 3.8) is 0 Å². The number of anilines is 1. The van der Waals surface area contributed by atoms with Gasteiger partial charge in [-0.2, -0.15) is 0 Å². The Hall–Kier alpha value is -5.63. The maximum Gasteiger partial charge on any atom is 0.421 e. The van der Waals surface area contributed by atoms with Gasteiger partial charge < -0.3 is 9.47 Å². The lowest BCUT2D eigenvalue weighted by Gasteiger charge is -2.35. The van der Waals surface area contributed by atoms with Crippen LogP contribution in [0.2, 0.25) is 0 Å². The molecule has 0 bridgehead atoms. The summed E-state index contributed by atoms with van der Waals surface area (Å²) in [7, 11) is 0. The number of ketones is 2. The summed E-state index contributed by atoms with van der Waals surface area (Å²) in [5.41, 5.74) is 1.11. The number of amides is 2. The lowest BCUT2D eigenvalue weighted by Crippen LogP contribution is -2.53. The molecule has 1 heterocycles. The molecule has 0 unspecified atom stereocenters. The molecule has 1 aliphatic carbocycles. The van der Waals surface area contributed by atoms with Gasteiger partial charge in [-0.05, 0) is 51.8 Å². The number of fused-ring (bicyclic) bond motifs is 2. The molecule has 8 heteroatoms. The number of Topliss-reactive ketones (excluding diaryl/α,β-unsaturated/α-hetero) is 2. The Morgan fingerprint density at radius 1 is 0.760 bits per heavy atom. The first-order valence-corrected chi connectivity index (χ1v) is 16.6. The van der Waals surface area contributed by atoms with Gasteiger partial charge >= 0.3 is 12.1 Å². The minimum Gasteiger partial charge on any atom is -0.460 e.